The number of hydrogen-bond acceptors (Lipinski definition) is 4. The molecule has 1 aromatic rings. The van der Waals surface area contributed by atoms with Gasteiger partial charge in [0.05, 0.1) is 13.2 Å². The lowest BCUT2D eigenvalue weighted by atomic mass is 10.3. The van der Waals surface area contributed by atoms with Crippen LogP contribution in [0.3, 0.4) is 0 Å². The average molecular weight is 225 g/mol. The molecule has 0 spiro atoms. The van der Waals surface area contributed by atoms with Gasteiger partial charge < -0.3 is 19.9 Å². The Morgan fingerprint density at radius 3 is 2.69 bits per heavy atom. The summed E-state index contributed by atoms with van der Waals surface area (Å²) in [5, 5.41) is 0. The summed E-state index contributed by atoms with van der Waals surface area (Å²) < 4.78 is 16.0. The third-order valence-corrected chi connectivity index (χ3v) is 2.03. The van der Waals surface area contributed by atoms with Crippen molar-refractivity contribution in [3.05, 3.63) is 24.3 Å². The van der Waals surface area contributed by atoms with E-state index < -0.39 is 0 Å². The van der Waals surface area contributed by atoms with Crippen LogP contribution in [-0.2, 0) is 4.74 Å². The van der Waals surface area contributed by atoms with Gasteiger partial charge in [-0.3, -0.25) is 0 Å². The van der Waals surface area contributed by atoms with Gasteiger partial charge in [0, 0.05) is 19.7 Å². The fourth-order valence-electron chi connectivity index (χ4n) is 1.33. The zero-order chi connectivity index (χ0) is 11.8. The molecule has 2 N–H and O–H groups in total. The molecule has 4 nitrogen and oxygen atoms in total. The highest BCUT2D eigenvalue weighted by atomic mass is 16.5. The van der Waals surface area contributed by atoms with Crippen molar-refractivity contribution >= 4 is 0 Å². The second-order valence-corrected chi connectivity index (χ2v) is 3.34. The van der Waals surface area contributed by atoms with Gasteiger partial charge in [-0.15, -0.1) is 0 Å². The molecule has 0 saturated heterocycles. The van der Waals surface area contributed by atoms with Gasteiger partial charge in [0.15, 0.2) is 0 Å². The summed E-state index contributed by atoms with van der Waals surface area (Å²) in [6.45, 7) is 3.49. The Kier molecular flexibility index (Phi) is 5.67. The molecule has 0 heterocycles. The lowest BCUT2D eigenvalue weighted by molar-refractivity contribution is 0.0858. The lowest BCUT2D eigenvalue weighted by Gasteiger charge is -2.16. The molecule has 16 heavy (non-hydrogen) atoms. The third-order valence-electron chi connectivity index (χ3n) is 2.03. The maximum Gasteiger partial charge on any atom is 0.134 e. The van der Waals surface area contributed by atoms with Crippen LogP contribution < -0.4 is 15.2 Å². The monoisotopic (exact) mass is 225 g/mol. The molecule has 0 amide bonds. The number of benzene rings is 1. The highest BCUT2D eigenvalue weighted by Crippen LogP contribution is 2.20. The fourth-order valence-corrected chi connectivity index (χ4v) is 1.33. The summed E-state index contributed by atoms with van der Waals surface area (Å²) in [6, 6.07) is 7.51. The van der Waals surface area contributed by atoms with E-state index in [-0.39, 0.29) is 6.10 Å². The van der Waals surface area contributed by atoms with Crippen LogP contribution in [0.5, 0.6) is 11.5 Å². The quantitative estimate of drug-likeness (QED) is 0.763. The number of hydrogen-bond donors (Lipinski definition) is 1. The highest BCUT2D eigenvalue weighted by Gasteiger charge is 2.08. The van der Waals surface area contributed by atoms with Gasteiger partial charge in [-0.05, 0) is 19.1 Å². The summed E-state index contributed by atoms with van der Waals surface area (Å²) in [6.07, 6.45) is -0.123. The molecule has 0 aromatic heterocycles. The Morgan fingerprint density at radius 2 is 2.06 bits per heavy atom. The van der Waals surface area contributed by atoms with Crippen LogP contribution in [-0.4, -0.2) is 33.0 Å². The van der Waals surface area contributed by atoms with E-state index in [1.807, 2.05) is 31.2 Å². The standard InChI is InChI=1S/C12H19NO3/c1-3-15-10-5-4-6-11(7-10)16-12(8-13)9-14-2/h4-7,12H,3,8-9,13H2,1-2H3. The Labute approximate surface area is 96.3 Å². The first kappa shape index (κ1) is 12.8. The zero-order valence-electron chi connectivity index (χ0n) is 9.81. The van der Waals surface area contributed by atoms with Crippen molar-refractivity contribution in [2.24, 2.45) is 5.73 Å². The minimum Gasteiger partial charge on any atom is -0.494 e. The second-order valence-electron chi connectivity index (χ2n) is 3.34. The summed E-state index contributed by atoms with van der Waals surface area (Å²) >= 11 is 0. The van der Waals surface area contributed by atoms with Crippen LogP contribution in [0, 0.1) is 0 Å². The lowest BCUT2D eigenvalue weighted by Crippen LogP contribution is -2.31. The van der Waals surface area contributed by atoms with E-state index in [1.54, 1.807) is 7.11 Å². The molecule has 0 fully saturated rings. The normalized spacial score (nSPS) is 12.2. The predicted molar refractivity (Wildman–Crippen MR) is 63.0 cm³/mol. The molecule has 1 aromatic carbocycles. The molecule has 1 unspecified atom stereocenters. The maximum absolute atomic E-state index is 5.66. The molecule has 90 valence electrons. The van der Waals surface area contributed by atoms with Crippen molar-refractivity contribution in [3.63, 3.8) is 0 Å². The zero-order valence-corrected chi connectivity index (χ0v) is 9.81. The number of rotatable bonds is 7. The first-order valence-corrected chi connectivity index (χ1v) is 5.38. The van der Waals surface area contributed by atoms with Gasteiger partial charge in [0.25, 0.3) is 0 Å². The molecular formula is C12H19NO3. The van der Waals surface area contributed by atoms with E-state index in [0.717, 1.165) is 11.5 Å². The van der Waals surface area contributed by atoms with Crippen molar-refractivity contribution < 1.29 is 14.2 Å². The van der Waals surface area contributed by atoms with E-state index in [9.17, 15) is 0 Å². The Bertz CT molecular complexity index is 304. The Balaban J connectivity index is 2.60. The molecular weight excluding hydrogens is 206 g/mol. The maximum atomic E-state index is 5.66. The largest absolute Gasteiger partial charge is 0.494 e. The fraction of sp³-hybridized carbons (Fsp3) is 0.500. The third kappa shape index (κ3) is 4.08. The molecule has 0 radical (unpaired) electrons. The van der Waals surface area contributed by atoms with Gasteiger partial charge in [0.1, 0.15) is 17.6 Å². The minimum absolute atomic E-state index is 0.123. The molecule has 4 heteroatoms. The van der Waals surface area contributed by atoms with Gasteiger partial charge in [-0.2, -0.15) is 0 Å². The second kappa shape index (κ2) is 7.09. The van der Waals surface area contributed by atoms with Crippen LogP contribution in [0.25, 0.3) is 0 Å². The molecule has 1 rings (SSSR count). The van der Waals surface area contributed by atoms with Crippen LogP contribution in [0.4, 0.5) is 0 Å². The van der Waals surface area contributed by atoms with Crippen LogP contribution in [0.1, 0.15) is 6.92 Å². The summed E-state index contributed by atoms with van der Waals surface area (Å²) in [7, 11) is 1.63. The Morgan fingerprint density at radius 1 is 1.31 bits per heavy atom. The molecule has 0 aliphatic heterocycles. The van der Waals surface area contributed by atoms with Crippen LogP contribution in [0.2, 0.25) is 0 Å². The van der Waals surface area contributed by atoms with Crippen molar-refractivity contribution in [2.75, 3.05) is 26.9 Å². The molecule has 0 aliphatic rings. The van der Waals surface area contributed by atoms with Gasteiger partial charge in [-0.1, -0.05) is 6.07 Å². The van der Waals surface area contributed by atoms with E-state index in [2.05, 4.69) is 0 Å². The first-order chi connectivity index (χ1) is 7.80. The van der Waals surface area contributed by atoms with Crippen molar-refractivity contribution in [2.45, 2.75) is 13.0 Å². The van der Waals surface area contributed by atoms with E-state index in [1.165, 1.54) is 0 Å². The summed E-state index contributed by atoms with van der Waals surface area (Å²) in [4.78, 5) is 0. The number of nitrogens with two attached hydrogens (primary N) is 1. The summed E-state index contributed by atoms with van der Waals surface area (Å²) in [5.74, 6) is 1.55. The summed E-state index contributed by atoms with van der Waals surface area (Å²) in [5.41, 5.74) is 5.57. The molecule has 1 atom stereocenters. The number of ether oxygens (including phenoxy) is 3. The van der Waals surface area contributed by atoms with Crippen LogP contribution >= 0.6 is 0 Å². The molecule has 0 bridgehead atoms. The minimum atomic E-state index is -0.123. The van der Waals surface area contributed by atoms with Gasteiger partial charge in [0.2, 0.25) is 0 Å². The van der Waals surface area contributed by atoms with E-state index in [4.69, 9.17) is 19.9 Å². The highest BCUT2D eigenvalue weighted by molar-refractivity contribution is 5.33. The van der Waals surface area contributed by atoms with Crippen LogP contribution in [0.15, 0.2) is 24.3 Å². The van der Waals surface area contributed by atoms with E-state index in [0.29, 0.717) is 19.8 Å². The first-order valence-electron chi connectivity index (χ1n) is 5.38. The number of methoxy groups -OCH3 is 1. The van der Waals surface area contributed by atoms with Crippen molar-refractivity contribution in [1.29, 1.82) is 0 Å². The predicted octanol–water partition coefficient (Wildman–Crippen LogP) is 1.44. The van der Waals surface area contributed by atoms with Gasteiger partial charge in [-0.25, -0.2) is 0 Å². The Hall–Kier alpha value is -1.26. The topological polar surface area (TPSA) is 53.7 Å². The van der Waals surface area contributed by atoms with Crippen molar-refractivity contribution in [1.82, 2.24) is 0 Å². The van der Waals surface area contributed by atoms with E-state index >= 15 is 0 Å². The molecule has 0 aliphatic carbocycles. The SMILES string of the molecule is CCOc1cccc(OC(CN)COC)c1. The van der Waals surface area contributed by atoms with Gasteiger partial charge >= 0.3 is 0 Å². The van der Waals surface area contributed by atoms with Crippen molar-refractivity contribution in [3.8, 4) is 11.5 Å². The molecule has 0 saturated carbocycles. The smallest absolute Gasteiger partial charge is 0.134 e. The average Bonchev–Trinajstić information content (AvgIpc) is 2.29.